The highest BCUT2D eigenvalue weighted by Gasteiger charge is 2.18. The normalized spacial score (nSPS) is 13.7. The molecule has 5 heterocycles. The molecule has 0 unspecified atom stereocenters. The minimum Gasteiger partial charge on any atom is -0.494 e. The molecule has 0 saturated carbocycles. The van der Waals surface area contributed by atoms with Crippen molar-refractivity contribution in [2.24, 2.45) is 0 Å². The van der Waals surface area contributed by atoms with E-state index >= 15 is 0 Å². The van der Waals surface area contributed by atoms with E-state index in [1.807, 2.05) is 79.7 Å². The predicted octanol–water partition coefficient (Wildman–Crippen LogP) is 7.23. The number of carbonyl (C=O) groups is 1. The van der Waals surface area contributed by atoms with Crippen molar-refractivity contribution >= 4 is 49.7 Å². The first-order chi connectivity index (χ1) is 26.3. The molecule has 9 rings (SSSR count). The molecule has 1 fully saturated rings. The molecular weight excluding hydrogens is 681 g/mol. The van der Waals surface area contributed by atoms with Gasteiger partial charge < -0.3 is 39.8 Å². The Morgan fingerprint density at radius 1 is 0.741 bits per heavy atom. The number of hydrogen-bond acceptors (Lipinski definition) is 8. The molecule has 12 nitrogen and oxygen atoms in total. The summed E-state index contributed by atoms with van der Waals surface area (Å²) in [5.41, 5.74) is 8.53. The van der Waals surface area contributed by atoms with Crippen LogP contribution in [0.15, 0.2) is 84.9 Å². The average molecular weight is 725 g/mol. The second-order valence-corrected chi connectivity index (χ2v) is 14.1. The Kier molecular flexibility index (Phi) is 9.87. The Balaban J connectivity index is 0.000000154. The number of morpholine rings is 1. The van der Waals surface area contributed by atoms with Gasteiger partial charge >= 0.3 is 0 Å². The molecule has 4 aromatic carbocycles. The van der Waals surface area contributed by atoms with Crippen molar-refractivity contribution in [3.63, 3.8) is 0 Å². The Morgan fingerprint density at radius 2 is 1.31 bits per heavy atom. The van der Waals surface area contributed by atoms with Crippen molar-refractivity contribution in [3.8, 4) is 34.5 Å². The number of aromatic hydroxyl groups is 2. The van der Waals surface area contributed by atoms with E-state index in [2.05, 4.69) is 48.0 Å². The van der Waals surface area contributed by atoms with Crippen LogP contribution in [0.5, 0.6) is 11.8 Å². The maximum absolute atomic E-state index is 12.4. The molecular formula is C42H44N8O4. The summed E-state index contributed by atoms with van der Waals surface area (Å²) in [6.07, 6.45) is 2.65. The molecule has 276 valence electrons. The fraction of sp³-hybridized carbons (Fsp3) is 0.262. The van der Waals surface area contributed by atoms with Gasteiger partial charge in [-0.1, -0.05) is 42.5 Å². The number of benzene rings is 4. The molecule has 1 aliphatic rings. The summed E-state index contributed by atoms with van der Waals surface area (Å²) in [6.45, 7) is 5.61. The zero-order valence-corrected chi connectivity index (χ0v) is 30.4. The van der Waals surface area contributed by atoms with Gasteiger partial charge in [0, 0.05) is 53.4 Å². The van der Waals surface area contributed by atoms with Gasteiger partial charge in [-0.05, 0) is 81.5 Å². The van der Waals surface area contributed by atoms with Gasteiger partial charge in [0.05, 0.1) is 46.4 Å². The number of imidazole rings is 2. The monoisotopic (exact) mass is 724 g/mol. The van der Waals surface area contributed by atoms with E-state index in [4.69, 9.17) is 9.72 Å². The minimum atomic E-state index is 0.0764. The smallest absolute Gasteiger partial charge is 0.200 e. The molecule has 0 bridgehead atoms. The maximum Gasteiger partial charge on any atom is 0.200 e. The van der Waals surface area contributed by atoms with Gasteiger partial charge in [0.2, 0.25) is 11.8 Å². The Bertz CT molecular complexity index is 2570. The van der Waals surface area contributed by atoms with Gasteiger partial charge in [-0.3, -0.25) is 9.69 Å². The van der Waals surface area contributed by atoms with Crippen molar-refractivity contribution in [1.82, 2.24) is 39.7 Å². The molecule has 0 amide bonds. The van der Waals surface area contributed by atoms with Crippen LogP contribution in [0, 0.1) is 0 Å². The number of aromatic nitrogens is 6. The van der Waals surface area contributed by atoms with Gasteiger partial charge in [0.1, 0.15) is 11.6 Å². The first-order valence-corrected chi connectivity index (χ1v) is 18.4. The number of carbonyl (C=O) groups excluding carboxylic acids is 1. The molecule has 0 spiro atoms. The number of nitrogens with zero attached hydrogens (tertiary/aromatic N) is 4. The van der Waals surface area contributed by atoms with Crippen LogP contribution in [0.3, 0.4) is 0 Å². The number of para-hydroxylation sites is 2. The van der Waals surface area contributed by atoms with Crippen LogP contribution >= 0.6 is 0 Å². The van der Waals surface area contributed by atoms with Crippen molar-refractivity contribution in [3.05, 3.63) is 96.1 Å². The Labute approximate surface area is 311 Å². The first-order valence-electron chi connectivity index (χ1n) is 18.4. The predicted molar refractivity (Wildman–Crippen MR) is 213 cm³/mol. The molecule has 54 heavy (non-hydrogen) atoms. The number of ketones is 1. The standard InChI is InChI=1S/C22H24N4O2.C20H20N4O2/c27-22-20(16-5-1-2-6-17(16)25-22)21-23-18-8-7-15(14-19(18)24-21)4-3-9-26-10-12-28-13-11-26;1-24(2)10-9-17(25)12-7-8-15-16(11-12)22-19(21-15)18-13-5-3-4-6-14(13)23-20(18)26/h1-2,5-8,14,25,27H,3-4,9-13H2,(H,23,24);3-8,11,23,26H,9-10H2,1-2H3,(H,21,22). The van der Waals surface area contributed by atoms with Crippen LogP contribution in [0.25, 0.3) is 66.6 Å². The van der Waals surface area contributed by atoms with E-state index in [1.165, 1.54) is 5.56 Å². The van der Waals surface area contributed by atoms with Crippen molar-refractivity contribution < 1.29 is 19.7 Å². The molecule has 1 saturated heterocycles. The molecule has 12 heteroatoms. The van der Waals surface area contributed by atoms with Gasteiger partial charge in [-0.25, -0.2) is 9.97 Å². The lowest BCUT2D eigenvalue weighted by molar-refractivity contribution is 0.0375. The van der Waals surface area contributed by atoms with E-state index in [0.717, 1.165) is 95.1 Å². The number of aromatic amines is 4. The van der Waals surface area contributed by atoms with Crippen LogP contribution in [0.4, 0.5) is 0 Å². The third kappa shape index (κ3) is 7.31. The van der Waals surface area contributed by atoms with Crippen molar-refractivity contribution in [1.29, 1.82) is 0 Å². The number of ether oxygens (including phenoxy) is 1. The van der Waals surface area contributed by atoms with Gasteiger partial charge in [0.15, 0.2) is 5.78 Å². The number of nitrogens with one attached hydrogen (secondary N) is 4. The fourth-order valence-electron chi connectivity index (χ4n) is 7.17. The largest absolute Gasteiger partial charge is 0.494 e. The lowest BCUT2D eigenvalue weighted by atomic mass is 10.1. The zero-order chi connectivity index (χ0) is 37.2. The second kappa shape index (κ2) is 15.2. The van der Waals surface area contributed by atoms with Crippen LogP contribution in [-0.4, -0.2) is 109 Å². The highest BCUT2D eigenvalue weighted by atomic mass is 16.5. The fourth-order valence-corrected chi connectivity index (χ4v) is 7.17. The molecule has 6 N–H and O–H groups in total. The quantitative estimate of drug-likeness (QED) is 0.0805. The van der Waals surface area contributed by atoms with E-state index in [-0.39, 0.29) is 17.5 Å². The molecule has 4 aromatic heterocycles. The van der Waals surface area contributed by atoms with Crippen LogP contribution in [0.1, 0.15) is 28.8 Å². The first kappa shape index (κ1) is 35.1. The van der Waals surface area contributed by atoms with Crippen LogP contribution in [-0.2, 0) is 11.2 Å². The average Bonchev–Trinajstić information content (AvgIpc) is 3.95. The summed E-state index contributed by atoms with van der Waals surface area (Å²) in [6, 6.07) is 27.4. The van der Waals surface area contributed by atoms with Gasteiger partial charge in [-0.2, -0.15) is 0 Å². The second-order valence-electron chi connectivity index (χ2n) is 14.1. The third-order valence-electron chi connectivity index (χ3n) is 10.0. The highest BCUT2D eigenvalue weighted by molar-refractivity contribution is 6.01. The van der Waals surface area contributed by atoms with E-state index < -0.39 is 0 Å². The van der Waals surface area contributed by atoms with E-state index in [0.29, 0.717) is 35.7 Å². The number of fused-ring (bicyclic) bond motifs is 4. The Hall–Kier alpha value is -5.95. The summed E-state index contributed by atoms with van der Waals surface area (Å²) in [5, 5.41) is 22.5. The number of rotatable bonds is 10. The van der Waals surface area contributed by atoms with Crippen molar-refractivity contribution in [2.45, 2.75) is 19.3 Å². The van der Waals surface area contributed by atoms with Crippen LogP contribution in [0.2, 0.25) is 0 Å². The Morgan fingerprint density at radius 3 is 1.93 bits per heavy atom. The SMILES string of the molecule is CN(C)CCC(=O)c1ccc2nc(-c3c(O)[nH]c4ccccc34)[nH]c2c1.Oc1[nH]c2ccccc2c1-c1nc2ccc(CCCN3CCOCC3)cc2[nH]1. The molecule has 8 aromatic rings. The van der Waals surface area contributed by atoms with E-state index in [1.54, 1.807) is 6.07 Å². The lowest BCUT2D eigenvalue weighted by Gasteiger charge is -2.26. The summed E-state index contributed by atoms with van der Waals surface area (Å²) < 4.78 is 5.41. The van der Waals surface area contributed by atoms with Gasteiger partial charge in [0.25, 0.3) is 0 Å². The van der Waals surface area contributed by atoms with Crippen LogP contribution < -0.4 is 0 Å². The summed E-state index contributed by atoms with van der Waals surface area (Å²) in [4.78, 5) is 38.7. The number of H-pyrrole nitrogens is 4. The molecule has 1 aliphatic heterocycles. The summed E-state index contributed by atoms with van der Waals surface area (Å²) in [5.74, 6) is 1.59. The summed E-state index contributed by atoms with van der Waals surface area (Å²) in [7, 11) is 3.90. The number of hydrogen-bond donors (Lipinski definition) is 6. The highest BCUT2D eigenvalue weighted by Crippen LogP contribution is 2.37. The van der Waals surface area contributed by atoms with E-state index in [9.17, 15) is 15.0 Å². The molecule has 0 radical (unpaired) electrons. The molecule has 0 atom stereocenters. The maximum atomic E-state index is 12.4. The van der Waals surface area contributed by atoms with Crippen molar-refractivity contribution in [2.75, 3.05) is 53.5 Å². The molecule has 0 aliphatic carbocycles. The zero-order valence-electron chi connectivity index (χ0n) is 30.4. The number of Topliss-reactive ketones (excluding diaryl/α,β-unsaturated/α-hetero) is 1. The minimum absolute atomic E-state index is 0.0764. The number of aryl methyl sites for hydroxylation is 1. The van der Waals surface area contributed by atoms with Gasteiger partial charge in [-0.15, -0.1) is 0 Å². The summed E-state index contributed by atoms with van der Waals surface area (Å²) >= 11 is 0. The topological polar surface area (TPSA) is 162 Å². The third-order valence-corrected chi connectivity index (χ3v) is 10.0. The lowest BCUT2D eigenvalue weighted by Crippen LogP contribution is -2.36.